The molecule has 11 heavy (non-hydrogen) atoms. The highest BCUT2D eigenvalue weighted by Crippen LogP contribution is 2.20. The smallest absolute Gasteiger partial charge is 0.393 e. The standard InChI is InChI=1S/C6H9F3N2/c1-4(2)11-3-5(10)6(7,8)9/h3H,10H2,1-2H3/b5-3-. The Morgan fingerprint density at radius 1 is 1.36 bits per heavy atom. The summed E-state index contributed by atoms with van der Waals surface area (Å²) in [6, 6.07) is 0. The molecular formula is C6H9F3N2. The van der Waals surface area contributed by atoms with Crippen molar-refractivity contribution in [3.8, 4) is 0 Å². The first-order valence-electron chi connectivity index (χ1n) is 2.88. The molecule has 0 spiro atoms. The van der Waals surface area contributed by atoms with Crippen LogP contribution in [0.2, 0.25) is 0 Å². The lowest BCUT2D eigenvalue weighted by Crippen LogP contribution is -2.18. The lowest BCUT2D eigenvalue weighted by molar-refractivity contribution is -0.0928. The van der Waals surface area contributed by atoms with Gasteiger partial charge in [0, 0.05) is 5.71 Å². The Bertz CT molecular complexity index is 186. The highest BCUT2D eigenvalue weighted by Gasteiger charge is 2.31. The number of alkyl halides is 3. The van der Waals surface area contributed by atoms with Crippen molar-refractivity contribution >= 4 is 5.71 Å². The third kappa shape index (κ3) is 4.41. The maximum Gasteiger partial charge on any atom is 0.432 e. The molecule has 0 unspecified atom stereocenters. The molecule has 0 aromatic carbocycles. The average molecular weight is 166 g/mol. The van der Waals surface area contributed by atoms with E-state index < -0.39 is 11.9 Å². The summed E-state index contributed by atoms with van der Waals surface area (Å²) >= 11 is 0. The minimum absolute atomic E-state index is 0.525. The van der Waals surface area contributed by atoms with E-state index in [1.54, 1.807) is 13.8 Å². The second-order valence-corrected chi connectivity index (χ2v) is 2.16. The van der Waals surface area contributed by atoms with Gasteiger partial charge in [0.05, 0.1) is 6.20 Å². The molecule has 2 N–H and O–H groups in total. The minimum Gasteiger partial charge on any atom is -0.393 e. The first-order valence-corrected chi connectivity index (χ1v) is 2.88. The van der Waals surface area contributed by atoms with E-state index >= 15 is 0 Å². The van der Waals surface area contributed by atoms with Crippen molar-refractivity contribution < 1.29 is 13.2 Å². The predicted octanol–water partition coefficient (Wildman–Crippen LogP) is 1.83. The fourth-order valence-electron chi connectivity index (χ4n) is 0.272. The molecule has 0 saturated carbocycles. The van der Waals surface area contributed by atoms with Crippen LogP contribution in [0.3, 0.4) is 0 Å². The zero-order valence-corrected chi connectivity index (χ0v) is 6.24. The van der Waals surface area contributed by atoms with Crippen molar-refractivity contribution in [1.29, 1.82) is 0 Å². The number of aliphatic imine (C=N–C) groups is 1. The maximum absolute atomic E-state index is 11.6. The normalized spacial score (nSPS) is 13.0. The highest BCUT2D eigenvalue weighted by molar-refractivity contribution is 5.79. The predicted molar refractivity (Wildman–Crippen MR) is 37.1 cm³/mol. The van der Waals surface area contributed by atoms with Crippen LogP contribution >= 0.6 is 0 Å². The van der Waals surface area contributed by atoms with Gasteiger partial charge in [0.2, 0.25) is 0 Å². The van der Waals surface area contributed by atoms with Crippen molar-refractivity contribution in [3.63, 3.8) is 0 Å². The zero-order chi connectivity index (χ0) is 9.07. The van der Waals surface area contributed by atoms with Crippen LogP contribution in [0.5, 0.6) is 0 Å². The van der Waals surface area contributed by atoms with Gasteiger partial charge in [0.15, 0.2) is 0 Å². The summed E-state index contributed by atoms with van der Waals surface area (Å²) in [4.78, 5) is 3.40. The molecule has 0 heterocycles. The molecule has 0 aromatic heterocycles. The Kier molecular flexibility index (Phi) is 3.10. The maximum atomic E-state index is 11.6. The second kappa shape index (κ2) is 3.41. The lowest BCUT2D eigenvalue weighted by Gasteiger charge is -2.03. The molecule has 0 fully saturated rings. The number of halogens is 3. The molecule has 0 atom stereocenters. The van der Waals surface area contributed by atoms with E-state index in [2.05, 4.69) is 10.7 Å². The third-order valence-electron chi connectivity index (χ3n) is 0.789. The van der Waals surface area contributed by atoms with Crippen molar-refractivity contribution in [2.75, 3.05) is 0 Å². The molecule has 0 aliphatic carbocycles. The fourth-order valence-corrected chi connectivity index (χ4v) is 0.272. The Hall–Kier alpha value is -1.00. The molecule has 0 amide bonds. The largest absolute Gasteiger partial charge is 0.432 e. The van der Waals surface area contributed by atoms with Crippen LogP contribution in [0.25, 0.3) is 0 Å². The van der Waals surface area contributed by atoms with Gasteiger partial charge >= 0.3 is 6.18 Å². The van der Waals surface area contributed by atoms with Gasteiger partial charge < -0.3 is 5.73 Å². The van der Waals surface area contributed by atoms with Gasteiger partial charge in [-0.1, -0.05) is 0 Å². The summed E-state index contributed by atoms with van der Waals surface area (Å²) in [6.45, 7) is 3.17. The van der Waals surface area contributed by atoms with E-state index in [0.29, 0.717) is 11.9 Å². The molecule has 0 saturated heterocycles. The quantitative estimate of drug-likeness (QED) is 0.593. The average Bonchev–Trinajstić information content (AvgIpc) is 1.80. The fraction of sp³-hybridized carbons (Fsp3) is 0.500. The van der Waals surface area contributed by atoms with Crippen molar-refractivity contribution in [1.82, 2.24) is 0 Å². The van der Waals surface area contributed by atoms with Crippen molar-refractivity contribution in [3.05, 3.63) is 11.9 Å². The number of nitrogens with two attached hydrogens (primary N) is 1. The van der Waals surface area contributed by atoms with Crippen molar-refractivity contribution in [2.24, 2.45) is 10.7 Å². The van der Waals surface area contributed by atoms with E-state index in [-0.39, 0.29) is 0 Å². The van der Waals surface area contributed by atoms with Gasteiger partial charge in [-0.3, -0.25) is 4.99 Å². The Morgan fingerprint density at radius 2 is 1.82 bits per heavy atom. The van der Waals surface area contributed by atoms with E-state index in [1.807, 2.05) is 0 Å². The topological polar surface area (TPSA) is 38.4 Å². The van der Waals surface area contributed by atoms with Crippen LogP contribution in [0, 0.1) is 0 Å². The van der Waals surface area contributed by atoms with Gasteiger partial charge in [0.1, 0.15) is 5.70 Å². The monoisotopic (exact) mass is 166 g/mol. The van der Waals surface area contributed by atoms with E-state index in [9.17, 15) is 13.2 Å². The van der Waals surface area contributed by atoms with E-state index in [4.69, 9.17) is 0 Å². The van der Waals surface area contributed by atoms with Gasteiger partial charge in [0.25, 0.3) is 0 Å². The van der Waals surface area contributed by atoms with Gasteiger partial charge in [-0.2, -0.15) is 13.2 Å². The minimum atomic E-state index is -4.47. The molecule has 0 aliphatic heterocycles. The van der Waals surface area contributed by atoms with E-state index in [1.165, 1.54) is 0 Å². The van der Waals surface area contributed by atoms with Crippen LogP contribution in [0.4, 0.5) is 13.2 Å². The third-order valence-corrected chi connectivity index (χ3v) is 0.789. The number of hydrogen-bond acceptors (Lipinski definition) is 2. The summed E-state index contributed by atoms with van der Waals surface area (Å²) in [6.07, 6.45) is -3.87. The first-order chi connectivity index (χ1) is 4.84. The van der Waals surface area contributed by atoms with Crippen LogP contribution < -0.4 is 5.73 Å². The molecule has 0 aromatic rings. The number of allylic oxidation sites excluding steroid dienone is 1. The van der Waals surface area contributed by atoms with Gasteiger partial charge in [-0.05, 0) is 13.8 Å². The first kappa shape index (κ1) is 10.0. The molecule has 2 nitrogen and oxygen atoms in total. The Balaban J connectivity index is 4.36. The van der Waals surface area contributed by atoms with Crippen LogP contribution in [-0.2, 0) is 0 Å². The van der Waals surface area contributed by atoms with Gasteiger partial charge in [-0.15, -0.1) is 0 Å². The molecule has 64 valence electrons. The lowest BCUT2D eigenvalue weighted by atomic mass is 10.4. The Morgan fingerprint density at radius 3 is 2.09 bits per heavy atom. The molecule has 0 aliphatic rings. The summed E-state index contributed by atoms with van der Waals surface area (Å²) in [7, 11) is 0. The zero-order valence-electron chi connectivity index (χ0n) is 6.24. The summed E-state index contributed by atoms with van der Waals surface area (Å²) in [5.74, 6) is 0. The molecule has 0 bridgehead atoms. The van der Waals surface area contributed by atoms with Gasteiger partial charge in [-0.25, -0.2) is 0 Å². The SMILES string of the molecule is CC(C)=N/C=C(\N)C(F)(F)F. The Labute approximate surface area is 62.6 Å². The molecule has 5 heteroatoms. The molecule has 0 rings (SSSR count). The van der Waals surface area contributed by atoms with E-state index in [0.717, 1.165) is 0 Å². The number of nitrogens with zero attached hydrogens (tertiary/aromatic N) is 1. The molecule has 0 radical (unpaired) electrons. The number of rotatable bonds is 1. The molecular weight excluding hydrogens is 157 g/mol. The summed E-state index contributed by atoms with van der Waals surface area (Å²) < 4.78 is 34.9. The van der Waals surface area contributed by atoms with Crippen LogP contribution in [0.15, 0.2) is 16.9 Å². The van der Waals surface area contributed by atoms with Crippen LogP contribution in [-0.4, -0.2) is 11.9 Å². The number of hydrogen-bond donors (Lipinski definition) is 1. The second-order valence-electron chi connectivity index (χ2n) is 2.16. The van der Waals surface area contributed by atoms with Crippen LogP contribution in [0.1, 0.15) is 13.8 Å². The summed E-state index contributed by atoms with van der Waals surface area (Å²) in [5, 5.41) is 0. The highest BCUT2D eigenvalue weighted by atomic mass is 19.4. The van der Waals surface area contributed by atoms with Crippen molar-refractivity contribution in [2.45, 2.75) is 20.0 Å². The summed E-state index contributed by atoms with van der Waals surface area (Å²) in [5.41, 5.74) is 3.97.